The lowest BCUT2D eigenvalue weighted by atomic mass is 9.94. The van der Waals surface area contributed by atoms with Crippen LogP contribution in [0.2, 0.25) is 0 Å². The zero-order chi connectivity index (χ0) is 23.5. The molecule has 1 atom stereocenters. The van der Waals surface area contributed by atoms with Crippen molar-refractivity contribution >= 4 is 17.4 Å². The van der Waals surface area contributed by atoms with Crippen molar-refractivity contribution in [3.05, 3.63) is 94.8 Å². The molecule has 33 heavy (non-hydrogen) atoms. The molecule has 0 spiro atoms. The van der Waals surface area contributed by atoms with Crippen LogP contribution in [0.4, 0.5) is 0 Å². The molecule has 1 aliphatic heterocycles. The third-order valence-corrected chi connectivity index (χ3v) is 5.67. The van der Waals surface area contributed by atoms with Crippen LogP contribution in [-0.2, 0) is 16.1 Å². The van der Waals surface area contributed by atoms with Gasteiger partial charge in [0.15, 0.2) is 11.5 Å². The first-order chi connectivity index (χ1) is 16.0. The molecule has 0 bridgehead atoms. The topological polar surface area (TPSA) is 89.0 Å². The number of ether oxygens (including phenoxy) is 2. The molecule has 7 nitrogen and oxygen atoms in total. The van der Waals surface area contributed by atoms with Crippen LogP contribution in [0.5, 0.6) is 11.5 Å². The summed E-state index contributed by atoms with van der Waals surface area (Å²) in [6.45, 7) is 2.06. The lowest BCUT2D eigenvalue weighted by molar-refractivity contribution is -0.140. The van der Waals surface area contributed by atoms with Gasteiger partial charge in [0.25, 0.3) is 11.7 Å². The van der Waals surface area contributed by atoms with Gasteiger partial charge in [0.2, 0.25) is 0 Å². The number of ketones is 1. The van der Waals surface area contributed by atoms with Gasteiger partial charge in [-0.2, -0.15) is 0 Å². The number of carbonyl (C=O) groups is 2. The first-order valence-corrected chi connectivity index (χ1v) is 10.4. The van der Waals surface area contributed by atoms with Crippen LogP contribution in [-0.4, -0.2) is 40.9 Å². The standard InChI is InChI=1S/C26H24N2O5/c1-16-9-11-18(12-10-16)23(29)21-22(19-7-4-8-20(32-2)25(19)33-3)28(26(31)24(21)30)15-17-6-5-13-27-14-17/h4-14,22,29H,15H2,1-3H3/b23-21+. The van der Waals surface area contributed by atoms with E-state index in [1.807, 2.05) is 25.1 Å². The van der Waals surface area contributed by atoms with Crippen molar-refractivity contribution in [1.29, 1.82) is 0 Å². The number of benzene rings is 2. The lowest BCUT2D eigenvalue weighted by Gasteiger charge is -2.27. The van der Waals surface area contributed by atoms with E-state index in [4.69, 9.17) is 9.47 Å². The minimum Gasteiger partial charge on any atom is -0.507 e. The number of carbonyl (C=O) groups excluding carboxylic acids is 2. The number of likely N-dealkylation sites (tertiary alicyclic amines) is 1. The van der Waals surface area contributed by atoms with E-state index < -0.39 is 17.7 Å². The van der Waals surface area contributed by atoms with Gasteiger partial charge in [-0.3, -0.25) is 14.6 Å². The molecule has 1 unspecified atom stereocenters. The SMILES string of the molecule is COc1cccc(C2/C(=C(\O)c3ccc(C)cc3)C(=O)C(=O)N2Cc2cccnc2)c1OC. The van der Waals surface area contributed by atoms with E-state index in [0.29, 0.717) is 22.6 Å². The maximum Gasteiger partial charge on any atom is 0.295 e. The van der Waals surface area contributed by atoms with Crippen LogP contribution in [0, 0.1) is 6.92 Å². The summed E-state index contributed by atoms with van der Waals surface area (Å²) in [5, 5.41) is 11.2. The fourth-order valence-electron chi connectivity index (χ4n) is 4.05. The van der Waals surface area contributed by atoms with E-state index >= 15 is 0 Å². The summed E-state index contributed by atoms with van der Waals surface area (Å²) in [6.07, 6.45) is 3.27. The van der Waals surface area contributed by atoms with Gasteiger partial charge in [-0.15, -0.1) is 0 Å². The summed E-state index contributed by atoms with van der Waals surface area (Å²) in [5.74, 6) is -0.860. The maximum atomic E-state index is 13.2. The van der Waals surface area contributed by atoms with Crippen molar-refractivity contribution in [2.45, 2.75) is 19.5 Å². The second kappa shape index (κ2) is 9.16. The highest BCUT2D eigenvalue weighted by Crippen LogP contribution is 2.46. The van der Waals surface area contributed by atoms with Gasteiger partial charge in [-0.05, 0) is 24.6 Å². The predicted molar refractivity (Wildman–Crippen MR) is 123 cm³/mol. The molecule has 2 aromatic carbocycles. The molecule has 1 N–H and O–H groups in total. The summed E-state index contributed by atoms with van der Waals surface area (Å²) < 4.78 is 11.0. The largest absolute Gasteiger partial charge is 0.507 e. The molecule has 1 amide bonds. The van der Waals surface area contributed by atoms with Crippen molar-refractivity contribution in [3.63, 3.8) is 0 Å². The fourth-order valence-corrected chi connectivity index (χ4v) is 4.05. The zero-order valence-corrected chi connectivity index (χ0v) is 18.6. The Morgan fingerprint density at radius 3 is 2.42 bits per heavy atom. The molecule has 0 aliphatic carbocycles. The first-order valence-electron chi connectivity index (χ1n) is 10.4. The molecule has 3 aromatic rings. The van der Waals surface area contributed by atoms with Gasteiger partial charge in [0, 0.05) is 30.1 Å². The van der Waals surface area contributed by atoms with Gasteiger partial charge in [-0.25, -0.2) is 0 Å². The number of Topliss-reactive ketones (excluding diaryl/α,β-unsaturated/α-hetero) is 1. The minimum atomic E-state index is -0.878. The second-order valence-electron chi connectivity index (χ2n) is 7.74. The van der Waals surface area contributed by atoms with Crippen LogP contribution >= 0.6 is 0 Å². The van der Waals surface area contributed by atoms with Crippen molar-refractivity contribution in [2.75, 3.05) is 14.2 Å². The molecule has 2 heterocycles. The Bertz CT molecular complexity index is 1220. The smallest absolute Gasteiger partial charge is 0.295 e. The number of para-hydroxylation sites is 1. The average molecular weight is 444 g/mol. The Morgan fingerprint density at radius 2 is 1.79 bits per heavy atom. The van der Waals surface area contributed by atoms with E-state index in [1.165, 1.54) is 19.1 Å². The number of aromatic nitrogens is 1. The molecule has 1 aliphatic rings. The first kappa shape index (κ1) is 22.1. The van der Waals surface area contributed by atoms with Crippen molar-refractivity contribution in [1.82, 2.24) is 9.88 Å². The van der Waals surface area contributed by atoms with E-state index in [2.05, 4.69) is 4.98 Å². The number of aliphatic hydroxyl groups excluding tert-OH is 1. The van der Waals surface area contributed by atoms with E-state index in [-0.39, 0.29) is 17.9 Å². The summed E-state index contributed by atoms with van der Waals surface area (Å²) in [4.78, 5) is 32.0. The van der Waals surface area contributed by atoms with Gasteiger partial charge in [0.05, 0.1) is 25.8 Å². The van der Waals surface area contributed by atoms with Crippen LogP contribution in [0.1, 0.15) is 28.3 Å². The number of aryl methyl sites for hydroxylation is 1. The Kier molecular flexibility index (Phi) is 6.13. The lowest BCUT2D eigenvalue weighted by Crippen LogP contribution is -2.29. The van der Waals surface area contributed by atoms with Crippen LogP contribution in [0.3, 0.4) is 0 Å². The highest BCUT2D eigenvalue weighted by atomic mass is 16.5. The highest BCUT2D eigenvalue weighted by Gasteiger charge is 2.47. The second-order valence-corrected chi connectivity index (χ2v) is 7.74. The molecule has 7 heteroatoms. The third kappa shape index (κ3) is 4.05. The minimum absolute atomic E-state index is 0.000651. The monoisotopic (exact) mass is 444 g/mol. The number of hydrogen-bond acceptors (Lipinski definition) is 6. The number of rotatable bonds is 6. The average Bonchev–Trinajstić information content (AvgIpc) is 3.08. The molecule has 1 fully saturated rings. The maximum absolute atomic E-state index is 13.2. The van der Waals surface area contributed by atoms with Crippen molar-refractivity contribution < 1.29 is 24.2 Å². The quantitative estimate of drug-likeness (QED) is 0.351. The van der Waals surface area contributed by atoms with Crippen LogP contribution < -0.4 is 9.47 Å². The Balaban J connectivity index is 1.94. The Hall–Kier alpha value is -4.13. The van der Waals surface area contributed by atoms with Gasteiger partial charge >= 0.3 is 0 Å². The van der Waals surface area contributed by atoms with Crippen molar-refractivity contribution in [2.24, 2.45) is 0 Å². The number of nitrogens with zero attached hydrogens (tertiary/aromatic N) is 2. The third-order valence-electron chi connectivity index (χ3n) is 5.67. The molecule has 0 radical (unpaired) electrons. The fraction of sp³-hybridized carbons (Fsp3) is 0.192. The highest BCUT2D eigenvalue weighted by molar-refractivity contribution is 6.46. The Morgan fingerprint density at radius 1 is 1.03 bits per heavy atom. The van der Waals surface area contributed by atoms with Gasteiger partial charge in [0.1, 0.15) is 5.76 Å². The molecule has 168 valence electrons. The van der Waals surface area contributed by atoms with Gasteiger partial charge < -0.3 is 19.5 Å². The molecule has 1 aromatic heterocycles. The zero-order valence-electron chi connectivity index (χ0n) is 18.6. The number of pyridine rings is 1. The van der Waals surface area contributed by atoms with Crippen LogP contribution in [0.25, 0.3) is 5.76 Å². The van der Waals surface area contributed by atoms with Gasteiger partial charge in [-0.1, -0.05) is 48.0 Å². The summed E-state index contributed by atoms with van der Waals surface area (Å²) >= 11 is 0. The summed E-state index contributed by atoms with van der Waals surface area (Å²) in [6, 6.07) is 15.1. The molecular formula is C26H24N2O5. The molecule has 1 saturated heterocycles. The molecule has 0 saturated carbocycles. The van der Waals surface area contributed by atoms with Crippen LogP contribution in [0.15, 0.2) is 72.6 Å². The van der Waals surface area contributed by atoms with E-state index in [9.17, 15) is 14.7 Å². The van der Waals surface area contributed by atoms with Crippen molar-refractivity contribution in [3.8, 4) is 11.5 Å². The summed E-state index contributed by atoms with van der Waals surface area (Å²) in [5.41, 5.74) is 2.75. The van der Waals surface area contributed by atoms with E-state index in [0.717, 1.165) is 11.1 Å². The number of aliphatic hydroxyl groups is 1. The molecular weight excluding hydrogens is 420 g/mol. The Labute approximate surface area is 191 Å². The van der Waals surface area contributed by atoms with E-state index in [1.54, 1.807) is 48.8 Å². The number of methoxy groups -OCH3 is 2. The predicted octanol–water partition coefficient (Wildman–Crippen LogP) is 4.03. The molecule has 4 rings (SSSR count). The normalized spacial score (nSPS) is 17.3. The summed E-state index contributed by atoms with van der Waals surface area (Å²) in [7, 11) is 3.01. The number of hydrogen-bond donors (Lipinski definition) is 1. The number of amides is 1.